The minimum absolute atomic E-state index is 0.00319. The van der Waals surface area contributed by atoms with Crippen molar-refractivity contribution in [2.24, 2.45) is 5.73 Å². The van der Waals surface area contributed by atoms with Crippen LogP contribution in [0.4, 0.5) is 23.2 Å². The van der Waals surface area contributed by atoms with E-state index in [1.54, 1.807) is 6.92 Å². The van der Waals surface area contributed by atoms with Crippen molar-refractivity contribution in [1.29, 1.82) is 0 Å². The van der Waals surface area contributed by atoms with E-state index in [9.17, 15) is 27.2 Å². The Morgan fingerprint density at radius 3 is 2.49 bits per heavy atom. The van der Waals surface area contributed by atoms with Gasteiger partial charge in [0.1, 0.15) is 27.3 Å². The van der Waals surface area contributed by atoms with Gasteiger partial charge in [0.15, 0.2) is 0 Å². The number of rotatable bonds is 6. The molecule has 35 heavy (non-hydrogen) atoms. The number of amides is 2. The highest BCUT2D eigenvalue weighted by Gasteiger charge is 2.35. The lowest BCUT2D eigenvalue weighted by molar-refractivity contribution is -0.140. The number of alkyl halides is 3. The Morgan fingerprint density at radius 2 is 1.94 bits per heavy atom. The van der Waals surface area contributed by atoms with Crippen LogP contribution in [0.1, 0.15) is 34.8 Å². The summed E-state index contributed by atoms with van der Waals surface area (Å²) in [4.78, 5) is 28.7. The first-order chi connectivity index (χ1) is 16.5. The number of thiophene rings is 1. The summed E-state index contributed by atoms with van der Waals surface area (Å²) in [5.74, 6) is -2.15. The molecule has 0 aliphatic carbocycles. The van der Waals surface area contributed by atoms with Gasteiger partial charge in [-0.3, -0.25) is 14.3 Å². The molecular formula is C22H16ClF4N5O2S. The first kappa shape index (κ1) is 24.6. The highest BCUT2D eigenvalue weighted by Crippen LogP contribution is 2.44. The lowest BCUT2D eigenvalue weighted by atomic mass is 10.0. The quantitative estimate of drug-likeness (QED) is 0.317. The molecule has 0 aliphatic rings. The second-order valence-corrected chi connectivity index (χ2v) is 8.90. The van der Waals surface area contributed by atoms with Gasteiger partial charge in [0.2, 0.25) is 5.91 Å². The van der Waals surface area contributed by atoms with Gasteiger partial charge in [0, 0.05) is 11.6 Å². The van der Waals surface area contributed by atoms with Crippen molar-refractivity contribution in [2.75, 3.05) is 5.32 Å². The van der Waals surface area contributed by atoms with Crippen molar-refractivity contribution in [3.63, 3.8) is 0 Å². The predicted octanol–water partition coefficient (Wildman–Crippen LogP) is 5.66. The molecule has 0 radical (unpaired) electrons. The predicted molar refractivity (Wildman–Crippen MR) is 124 cm³/mol. The highest BCUT2D eigenvalue weighted by molar-refractivity contribution is 7.21. The molecule has 13 heteroatoms. The number of carbonyl (C=O) groups excluding carboxylic acids is 2. The number of primary amides is 1. The Labute approximate surface area is 204 Å². The largest absolute Gasteiger partial charge is 0.433 e. The van der Waals surface area contributed by atoms with Gasteiger partial charge < -0.3 is 11.1 Å². The Balaban J connectivity index is 1.93. The molecule has 0 saturated carbocycles. The van der Waals surface area contributed by atoms with Crippen LogP contribution in [0.3, 0.4) is 0 Å². The number of carbonyl (C=O) groups is 2. The highest BCUT2D eigenvalue weighted by atomic mass is 35.5. The van der Waals surface area contributed by atoms with E-state index in [-0.39, 0.29) is 31.9 Å². The Morgan fingerprint density at radius 1 is 1.26 bits per heavy atom. The summed E-state index contributed by atoms with van der Waals surface area (Å²) in [6.07, 6.45) is -1.71. The molecule has 0 saturated heterocycles. The summed E-state index contributed by atoms with van der Waals surface area (Å²) in [6, 6.07) is 4.70. The van der Waals surface area contributed by atoms with Gasteiger partial charge in [-0.15, -0.1) is 11.3 Å². The Bertz CT molecular complexity index is 1430. The average Bonchev–Trinajstić information content (AvgIpc) is 3.37. The van der Waals surface area contributed by atoms with E-state index in [4.69, 9.17) is 17.3 Å². The summed E-state index contributed by atoms with van der Waals surface area (Å²) in [5, 5.41) is 7.03. The van der Waals surface area contributed by atoms with E-state index >= 15 is 0 Å². The van der Waals surface area contributed by atoms with Gasteiger partial charge in [-0.1, -0.05) is 30.7 Å². The van der Waals surface area contributed by atoms with Crippen LogP contribution >= 0.6 is 22.9 Å². The third-order valence-electron chi connectivity index (χ3n) is 5.16. The molecular weight excluding hydrogens is 510 g/mol. The van der Waals surface area contributed by atoms with Crippen molar-refractivity contribution in [2.45, 2.75) is 25.6 Å². The number of nitrogens with zero attached hydrogens (tertiary/aromatic N) is 3. The topological polar surface area (TPSA) is 103 Å². The molecule has 1 unspecified atom stereocenters. The van der Waals surface area contributed by atoms with Crippen molar-refractivity contribution in [3.8, 4) is 11.1 Å². The van der Waals surface area contributed by atoms with Gasteiger partial charge in [0.25, 0.3) is 5.91 Å². The average molecular weight is 526 g/mol. The van der Waals surface area contributed by atoms with Gasteiger partial charge in [0.05, 0.1) is 16.9 Å². The number of anilines is 1. The lowest BCUT2D eigenvalue weighted by Gasteiger charge is -2.17. The number of nitrogens with two attached hydrogens (primary N) is 1. The first-order valence-corrected chi connectivity index (χ1v) is 11.3. The molecule has 3 aromatic heterocycles. The summed E-state index contributed by atoms with van der Waals surface area (Å²) in [6.45, 7) is 1.72. The Hall–Kier alpha value is -3.51. The van der Waals surface area contributed by atoms with Crippen LogP contribution in [-0.4, -0.2) is 26.6 Å². The maximum absolute atomic E-state index is 13.6. The number of benzene rings is 1. The lowest BCUT2D eigenvalue weighted by Crippen LogP contribution is -2.27. The van der Waals surface area contributed by atoms with Gasteiger partial charge in [-0.05, 0) is 35.7 Å². The molecule has 4 aromatic rings. The number of pyridine rings is 1. The summed E-state index contributed by atoms with van der Waals surface area (Å²) < 4.78 is 55.6. The number of hydrogen-bond acceptors (Lipinski definition) is 5. The molecule has 182 valence electrons. The molecule has 7 nitrogen and oxygen atoms in total. The maximum atomic E-state index is 13.6. The standard InChI is InChI=1S/C22H16ClF4N5O2S/c1-2-14(32-9-11(23)8-29-32)20(34)31-17-16-13(10-3-5-12(24)6-4-10)7-15(22(25,26)27)30-21(16)35-18(17)19(28)33/h3-9,14H,2H2,1H3,(H2,28,33)(H,31,34). The molecule has 3 N–H and O–H groups in total. The summed E-state index contributed by atoms with van der Waals surface area (Å²) in [5.41, 5.74) is 4.42. The number of aromatic nitrogens is 3. The number of nitrogens with one attached hydrogen (secondary N) is 1. The zero-order chi connectivity index (χ0) is 25.5. The fraction of sp³-hybridized carbons (Fsp3) is 0.182. The fourth-order valence-electron chi connectivity index (χ4n) is 3.58. The van der Waals surface area contributed by atoms with Crippen LogP contribution in [0.25, 0.3) is 21.3 Å². The van der Waals surface area contributed by atoms with Crippen LogP contribution in [-0.2, 0) is 11.0 Å². The van der Waals surface area contributed by atoms with Crippen LogP contribution < -0.4 is 11.1 Å². The first-order valence-electron chi connectivity index (χ1n) is 10.1. The van der Waals surface area contributed by atoms with Crippen LogP contribution in [0.15, 0.2) is 42.7 Å². The fourth-order valence-corrected chi connectivity index (χ4v) is 4.73. The van der Waals surface area contributed by atoms with E-state index < -0.39 is 35.5 Å². The van der Waals surface area contributed by atoms with E-state index in [0.29, 0.717) is 22.8 Å². The number of hydrogen-bond donors (Lipinski definition) is 2. The third-order valence-corrected chi connectivity index (χ3v) is 6.45. The van der Waals surface area contributed by atoms with Crippen molar-refractivity contribution >= 4 is 50.7 Å². The molecule has 0 spiro atoms. The number of halogens is 5. The smallest absolute Gasteiger partial charge is 0.365 e. The van der Waals surface area contributed by atoms with E-state index in [1.165, 1.54) is 29.2 Å². The monoisotopic (exact) mass is 525 g/mol. The zero-order valence-electron chi connectivity index (χ0n) is 17.9. The zero-order valence-corrected chi connectivity index (χ0v) is 19.4. The van der Waals surface area contributed by atoms with Gasteiger partial charge in [-0.25, -0.2) is 9.37 Å². The van der Waals surface area contributed by atoms with Crippen molar-refractivity contribution < 1.29 is 27.2 Å². The third kappa shape index (κ3) is 4.84. The second kappa shape index (κ2) is 9.27. The van der Waals surface area contributed by atoms with Crippen LogP contribution in [0, 0.1) is 5.82 Å². The molecule has 0 fully saturated rings. The Kier molecular flexibility index (Phi) is 6.52. The van der Waals surface area contributed by atoms with E-state index in [2.05, 4.69) is 15.4 Å². The summed E-state index contributed by atoms with van der Waals surface area (Å²) in [7, 11) is 0. The van der Waals surface area contributed by atoms with Crippen LogP contribution in [0.5, 0.6) is 0 Å². The molecule has 4 rings (SSSR count). The minimum atomic E-state index is -4.80. The normalized spacial score (nSPS) is 12.6. The van der Waals surface area contributed by atoms with E-state index in [1.807, 2.05) is 0 Å². The molecule has 1 atom stereocenters. The van der Waals surface area contributed by atoms with Gasteiger partial charge >= 0.3 is 6.18 Å². The number of fused-ring (bicyclic) bond motifs is 1. The molecule has 1 aromatic carbocycles. The van der Waals surface area contributed by atoms with Crippen molar-refractivity contribution in [1.82, 2.24) is 14.8 Å². The van der Waals surface area contributed by atoms with E-state index in [0.717, 1.165) is 18.2 Å². The summed E-state index contributed by atoms with van der Waals surface area (Å²) >= 11 is 6.52. The molecule has 0 aliphatic heterocycles. The van der Waals surface area contributed by atoms with Gasteiger partial charge in [-0.2, -0.15) is 18.3 Å². The minimum Gasteiger partial charge on any atom is -0.365 e. The maximum Gasteiger partial charge on any atom is 0.433 e. The molecule has 2 amide bonds. The molecule has 0 bridgehead atoms. The molecule has 3 heterocycles. The SMILES string of the molecule is CCC(C(=O)Nc1c(C(N)=O)sc2nc(C(F)(F)F)cc(-c3ccc(F)cc3)c12)n1cc(Cl)cn1. The van der Waals surface area contributed by atoms with Crippen molar-refractivity contribution in [3.05, 3.63) is 64.1 Å². The van der Waals surface area contributed by atoms with Crippen LogP contribution in [0.2, 0.25) is 5.02 Å². The second-order valence-electron chi connectivity index (χ2n) is 7.46.